The van der Waals surface area contributed by atoms with Crippen LogP contribution < -0.4 is 15.6 Å². The van der Waals surface area contributed by atoms with E-state index in [9.17, 15) is 23.5 Å². The zero-order valence-corrected chi connectivity index (χ0v) is 23.1. The second-order valence-electron chi connectivity index (χ2n) is 10.6. The number of aliphatic hydroxyl groups is 1. The van der Waals surface area contributed by atoms with Crippen molar-refractivity contribution in [3.8, 4) is 5.75 Å². The van der Waals surface area contributed by atoms with Crippen LogP contribution in [0.25, 0.3) is 10.9 Å². The molecule has 11 heteroatoms. The average molecular weight is 575 g/mol. The molecule has 2 fully saturated rings. The first-order valence-corrected chi connectivity index (χ1v) is 14.0. The van der Waals surface area contributed by atoms with Crippen LogP contribution in [-0.2, 0) is 0 Å². The van der Waals surface area contributed by atoms with Crippen molar-refractivity contribution in [1.82, 2.24) is 19.9 Å². The molecule has 1 saturated carbocycles. The van der Waals surface area contributed by atoms with Gasteiger partial charge in [0.15, 0.2) is 0 Å². The number of aromatic nitrogens is 1. The number of pyridine rings is 1. The maximum Gasteiger partial charge on any atom is 0.271 e. The number of fused-ring (bicyclic) bond motifs is 1. The first kappa shape index (κ1) is 28.5. The Bertz CT molecular complexity index is 1450. The highest BCUT2D eigenvalue weighted by Crippen LogP contribution is 2.33. The summed E-state index contributed by atoms with van der Waals surface area (Å²) in [7, 11) is 0. The summed E-state index contributed by atoms with van der Waals surface area (Å²) in [6, 6.07) is 7.28. The molecule has 1 saturated heterocycles. The van der Waals surface area contributed by atoms with Crippen LogP contribution in [0.2, 0.25) is 5.02 Å². The standard InChI is InChI=1S/C29H33ClF2N4O4/c1-18-6-7-21(12-25(18)31)40-17-20(37)15-34-8-10-35(11-9-34)33-29(39)23-16-36(19-4-2-3-5-19)27-14-24(30)26(32)13-22(27)28(23)38/h6-7,12-14,16,19-20,37H,2-5,8-11,15,17H2,1H3,(H,33,39)/t20-/m0/s1. The Kier molecular flexibility index (Phi) is 8.70. The van der Waals surface area contributed by atoms with E-state index in [1.54, 1.807) is 30.3 Å². The fourth-order valence-corrected chi connectivity index (χ4v) is 5.60. The lowest BCUT2D eigenvalue weighted by Crippen LogP contribution is -2.55. The molecule has 1 aliphatic heterocycles. The smallest absolute Gasteiger partial charge is 0.271 e. The number of ether oxygens (including phenoxy) is 1. The lowest BCUT2D eigenvalue weighted by atomic mass is 10.1. The van der Waals surface area contributed by atoms with Crippen LogP contribution in [0.5, 0.6) is 5.75 Å². The van der Waals surface area contributed by atoms with E-state index >= 15 is 0 Å². The Balaban J connectivity index is 1.20. The molecule has 8 nitrogen and oxygen atoms in total. The van der Waals surface area contributed by atoms with Gasteiger partial charge in [0.2, 0.25) is 5.43 Å². The molecule has 1 atom stereocenters. The summed E-state index contributed by atoms with van der Waals surface area (Å²) in [5.41, 5.74) is 3.31. The molecule has 1 amide bonds. The minimum absolute atomic E-state index is 0.0283. The summed E-state index contributed by atoms with van der Waals surface area (Å²) in [5, 5.41) is 12.2. The lowest BCUT2D eigenvalue weighted by Gasteiger charge is -2.35. The Morgan fingerprint density at radius 3 is 2.55 bits per heavy atom. The van der Waals surface area contributed by atoms with Crippen molar-refractivity contribution >= 4 is 28.4 Å². The topological polar surface area (TPSA) is 87.0 Å². The van der Waals surface area contributed by atoms with Crippen LogP contribution in [-0.4, -0.2) is 70.9 Å². The van der Waals surface area contributed by atoms with Crippen LogP contribution in [0.15, 0.2) is 41.3 Å². The second kappa shape index (κ2) is 12.2. The van der Waals surface area contributed by atoms with E-state index in [1.807, 2.05) is 9.47 Å². The number of nitrogens with one attached hydrogen (secondary N) is 1. The number of aliphatic hydroxyl groups excluding tert-OH is 1. The van der Waals surface area contributed by atoms with E-state index in [0.29, 0.717) is 49.6 Å². The van der Waals surface area contributed by atoms with Gasteiger partial charge in [-0.2, -0.15) is 0 Å². The molecular formula is C29H33ClF2N4O4. The van der Waals surface area contributed by atoms with Crippen LogP contribution in [0, 0.1) is 18.6 Å². The van der Waals surface area contributed by atoms with Crippen LogP contribution in [0.3, 0.4) is 0 Å². The van der Waals surface area contributed by atoms with E-state index in [2.05, 4.69) is 5.43 Å². The predicted molar refractivity (Wildman–Crippen MR) is 149 cm³/mol. The van der Waals surface area contributed by atoms with E-state index in [4.69, 9.17) is 16.3 Å². The number of halogens is 3. The molecular weight excluding hydrogens is 542 g/mol. The van der Waals surface area contributed by atoms with Crippen molar-refractivity contribution in [3.05, 3.63) is 74.5 Å². The normalized spacial score (nSPS) is 17.8. The summed E-state index contributed by atoms with van der Waals surface area (Å²) in [6.07, 6.45) is 4.72. The summed E-state index contributed by atoms with van der Waals surface area (Å²) in [4.78, 5) is 28.5. The van der Waals surface area contributed by atoms with Gasteiger partial charge < -0.3 is 14.4 Å². The first-order chi connectivity index (χ1) is 19.2. The highest BCUT2D eigenvalue weighted by molar-refractivity contribution is 6.31. The number of carbonyl (C=O) groups is 1. The van der Waals surface area contributed by atoms with Crippen molar-refractivity contribution < 1.29 is 23.4 Å². The van der Waals surface area contributed by atoms with Crippen molar-refractivity contribution in [3.63, 3.8) is 0 Å². The maximum atomic E-state index is 14.3. The molecule has 1 aliphatic carbocycles. The van der Waals surface area contributed by atoms with E-state index in [-0.39, 0.29) is 34.4 Å². The molecule has 0 radical (unpaired) electrons. The summed E-state index contributed by atoms with van der Waals surface area (Å²) < 4.78 is 35.4. The zero-order valence-electron chi connectivity index (χ0n) is 22.3. The molecule has 0 spiro atoms. The maximum absolute atomic E-state index is 14.3. The van der Waals surface area contributed by atoms with Crippen LogP contribution in [0.4, 0.5) is 8.78 Å². The molecule has 0 unspecified atom stereocenters. The van der Waals surface area contributed by atoms with E-state index in [0.717, 1.165) is 31.7 Å². The van der Waals surface area contributed by atoms with Gasteiger partial charge in [-0.05, 0) is 43.5 Å². The number of hydrogen-bond acceptors (Lipinski definition) is 6. The molecule has 1 aromatic heterocycles. The van der Waals surface area contributed by atoms with Crippen LogP contribution >= 0.6 is 11.6 Å². The third-order valence-corrected chi connectivity index (χ3v) is 8.01. The summed E-state index contributed by atoms with van der Waals surface area (Å²) in [6.45, 7) is 4.17. The van der Waals surface area contributed by atoms with Crippen LogP contribution in [0.1, 0.15) is 47.6 Å². The molecule has 3 aromatic rings. The third-order valence-electron chi connectivity index (χ3n) is 7.72. The number of piperazine rings is 1. The monoisotopic (exact) mass is 574 g/mol. The largest absolute Gasteiger partial charge is 0.491 e. The minimum Gasteiger partial charge on any atom is -0.491 e. The van der Waals surface area contributed by atoms with Gasteiger partial charge in [0.05, 0.1) is 10.5 Å². The molecule has 2 aromatic carbocycles. The number of amides is 1. The molecule has 5 rings (SSSR count). The zero-order chi connectivity index (χ0) is 28.4. The fraction of sp³-hybridized carbons (Fsp3) is 0.448. The number of aryl methyl sites for hydroxylation is 1. The molecule has 0 bridgehead atoms. The summed E-state index contributed by atoms with van der Waals surface area (Å²) >= 11 is 6.03. The van der Waals surface area contributed by atoms with Gasteiger partial charge in [0, 0.05) is 56.4 Å². The highest BCUT2D eigenvalue weighted by atomic mass is 35.5. The minimum atomic E-state index is -0.772. The van der Waals surface area contributed by atoms with Crippen molar-refractivity contribution in [2.24, 2.45) is 0 Å². The van der Waals surface area contributed by atoms with Gasteiger partial charge in [-0.1, -0.05) is 30.5 Å². The van der Waals surface area contributed by atoms with Gasteiger partial charge in [0.1, 0.15) is 35.7 Å². The Morgan fingerprint density at radius 1 is 1.12 bits per heavy atom. The van der Waals surface area contributed by atoms with Crippen molar-refractivity contribution in [2.75, 3.05) is 39.3 Å². The Hall–Kier alpha value is -3.05. The third kappa shape index (κ3) is 6.30. The van der Waals surface area contributed by atoms with Gasteiger partial charge in [-0.3, -0.25) is 19.9 Å². The fourth-order valence-electron chi connectivity index (χ4n) is 5.44. The number of benzene rings is 2. The van der Waals surface area contributed by atoms with E-state index in [1.165, 1.54) is 12.1 Å². The number of carbonyl (C=O) groups excluding carboxylic acids is 1. The Labute approximate surface area is 236 Å². The molecule has 2 aliphatic rings. The van der Waals surface area contributed by atoms with Crippen molar-refractivity contribution in [2.45, 2.75) is 44.8 Å². The highest BCUT2D eigenvalue weighted by Gasteiger charge is 2.26. The van der Waals surface area contributed by atoms with Crippen molar-refractivity contribution in [1.29, 1.82) is 0 Å². The number of rotatable bonds is 8. The predicted octanol–water partition coefficient (Wildman–Crippen LogP) is 4.06. The summed E-state index contributed by atoms with van der Waals surface area (Å²) in [5.74, 6) is -1.23. The number of β-amino-alcohol motifs (C(OH)–C–C–N with tert-alkyl or cyclic N) is 1. The molecule has 2 N–H and O–H groups in total. The van der Waals surface area contributed by atoms with Gasteiger partial charge in [-0.15, -0.1) is 0 Å². The SMILES string of the molecule is Cc1ccc(OC[C@@H](O)CN2CCN(NC(=O)c3cn(C4CCCC4)c4cc(Cl)c(F)cc4c3=O)CC2)cc1F. The first-order valence-electron chi connectivity index (χ1n) is 13.6. The Morgan fingerprint density at radius 2 is 1.85 bits per heavy atom. The average Bonchev–Trinajstić information content (AvgIpc) is 3.47. The number of hydrogen-bond donors (Lipinski definition) is 2. The van der Waals surface area contributed by atoms with Gasteiger partial charge in [-0.25, -0.2) is 13.8 Å². The second-order valence-corrected chi connectivity index (χ2v) is 11.0. The molecule has 214 valence electrons. The molecule has 40 heavy (non-hydrogen) atoms. The quantitative estimate of drug-likeness (QED) is 0.422. The number of nitrogens with zero attached hydrogens (tertiary/aromatic N) is 3. The van der Waals surface area contributed by atoms with E-state index < -0.39 is 23.3 Å². The van der Waals surface area contributed by atoms with Gasteiger partial charge >= 0.3 is 0 Å². The molecule has 2 heterocycles. The number of hydrazine groups is 1. The van der Waals surface area contributed by atoms with Gasteiger partial charge in [0.25, 0.3) is 5.91 Å². The lowest BCUT2D eigenvalue weighted by molar-refractivity contribution is 0.0316.